The van der Waals surface area contributed by atoms with Gasteiger partial charge in [-0.05, 0) is 18.2 Å². The average Bonchev–Trinajstić information content (AvgIpc) is 2.70. The van der Waals surface area contributed by atoms with Crippen molar-refractivity contribution in [3.05, 3.63) is 35.7 Å². The lowest BCUT2D eigenvalue weighted by Crippen LogP contribution is -2.18. The molecule has 0 atom stereocenters. The quantitative estimate of drug-likeness (QED) is 0.900. The normalized spacial score (nSPS) is 11.4. The van der Waals surface area contributed by atoms with Crippen LogP contribution in [0.2, 0.25) is 0 Å². The number of rotatable bonds is 3. The van der Waals surface area contributed by atoms with Crippen LogP contribution in [0.5, 0.6) is 5.75 Å². The van der Waals surface area contributed by atoms with Crippen molar-refractivity contribution < 1.29 is 18.7 Å². The average molecular weight is 282 g/mol. The number of carbonyl (C=O) groups excluding carboxylic acids is 1. The van der Waals surface area contributed by atoms with E-state index in [1.165, 1.54) is 31.3 Å². The number of aromatic hydroxyl groups is 1. The molecule has 1 aromatic carbocycles. The number of benzene rings is 1. The maximum atomic E-state index is 13.2. The smallest absolute Gasteiger partial charge is 0.304 e. The summed E-state index contributed by atoms with van der Waals surface area (Å²) >= 11 is 0. The third-order valence-electron chi connectivity index (χ3n) is 2.60. The largest absolute Gasteiger partial charge is 0.508 e. The van der Waals surface area contributed by atoms with E-state index in [0.717, 1.165) is 4.57 Å². The van der Waals surface area contributed by atoms with Crippen molar-refractivity contribution in [1.82, 2.24) is 14.8 Å². The van der Waals surface area contributed by atoms with Crippen LogP contribution in [0.25, 0.3) is 0 Å². The standard InChI is InChI=1S/C12H12F2N4O2/c1-12(13,14)10-16-17-11(18(10)2)15-9(20)7-4-3-5-8(19)6-7/h3-6,19H,1-2H3,(H,15,17,20). The number of nitrogens with zero attached hydrogens (tertiary/aromatic N) is 3. The molecule has 0 saturated heterocycles. The van der Waals surface area contributed by atoms with Gasteiger partial charge in [0.25, 0.3) is 5.91 Å². The van der Waals surface area contributed by atoms with E-state index in [4.69, 9.17) is 0 Å². The minimum absolute atomic E-state index is 0.0728. The lowest BCUT2D eigenvalue weighted by atomic mass is 10.2. The second-order valence-electron chi connectivity index (χ2n) is 4.30. The van der Waals surface area contributed by atoms with Crippen molar-refractivity contribution in [1.29, 1.82) is 0 Å². The first-order valence-electron chi connectivity index (χ1n) is 5.67. The van der Waals surface area contributed by atoms with Crippen molar-refractivity contribution in [2.75, 3.05) is 5.32 Å². The zero-order valence-electron chi connectivity index (χ0n) is 10.8. The van der Waals surface area contributed by atoms with Crippen LogP contribution in [0.1, 0.15) is 23.1 Å². The van der Waals surface area contributed by atoms with Crippen molar-refractivity contribution in [2.24, 2.45) is 7.05 Å². The third kappa shape index (κ3) is 2.73. The van der Waals surface area contributed by atoms with Gasteiger partial charge in [0, 0.05) is 19.5 Å². The molecule has 0 bridgehead atoms. The topological polar surface area (TPSA) is 80.0 Å². The molecule has 106 valence electrons. The van der Waals surface area contributed by atoms with E-state index in [-0.39, 0.29) is 17.3 Å². The molecular formula is C12H12F2N4O2. The molecule has 8 heteroatoms. The molecule has 0 radical (unpaired) electrons. The molecule has 6 nitrogen and oxygen atoms in total. The molecule has 1 amide bonds. The molecule has 1 heterocycles. The highest BCUT2D eigenvalue weighted by atomic mass is 19.3. The maximum Gasteiger partial charge on any atom is 0.304 e. The number of halogens is 2. The number of phenolic OH excluding ortho intramolecular Hbond substituents is 1. The summed E-state index contributed by atoms with van der Waals surface area (Å²) < 4.78 is 27.3. The molecule has 20 heavy (non-hydrogen) atoms. The Hall–Kier alpha value is -2.51. The zero-order chi connectivity index (χ0) is 14.9. The fourth-order valence-electron chi connectivity index (χ4n) is 1.64. The maximum absolute atomic E-state index is 13.2. The van der Waals surface area contributed by atoms with E-state index in [2.05, 4.69) is 15.5 Å². The molecule has 0 saturated carbocycles. The second kappa shape index (κ2) is 4.87. The second-order valence-corrected chi connectivity index (χ2v) is 4.30. The van der Waals surface area contributed by atoms with Gasteiger partial charge in [-0.15, -0.1) is 10.2 Å². The molecule has 0 aliphatic heterocycles. The highest BCUT2D eigenvalue weighted by Crippen LogP contribution is 2.26. The number of hydrogen-bond donors (Lipinski definition) is 2. The molecule has 2 aromatic rings. The minimum atomic E-state index is -3.16. The van der Waals surface area contributed by atoms with Crippen molar-refractivity contribution in [3.8, 4) is 5.75 Å². The Kier molecular flexibility index (Phi) is 3.39. The van der Waals surface area contributed by atoms with E-state index in [1.807, 2.05) is 0 Å². The summed E-state index contributed by atoms with van der Waals surface area (Å²) in [6, 6.07) is 5.63. The van der Waals surface area contributed by atoms with Gasteiger partial charge in [-0.25, -0.2) is 0 Å². The Morgan fingerprint density at radius 2 is 2.10 bits per heavy atom. The molecule has 0 aliphatic carbocycles. The number of carbonyl (C=O) groups is 1. The van der Waals surface area contributed by atoms with Gasteiger partial charge in [0.05, 0.1) is 0 Å². The summed E-state index contributed by atoms with van der Waals surface area (Å²) in [6.45, 7) is 0.692. The Labute approximate surface area is 113 Å². The number of hydrogen-bond acceptors (Lipinski definition) is 4. The Morgan fingerprint density at radius 3 is 2.65 bits per heavy atom. The number of alkyl halides is 2. The highest BCUT2D eigenvalue weighted by Gasteiger charge is 2.31. The van der Waals surface area contributed by atoms with Gasteiger partial charge in [0.2, 0.25) is 11.8 Å². The Balaban J connectivity index is 2.23. The first kappa shape index (κ1) is 13.9. The highest BCUT2D eigenvalue weighted by molar-refractivity contribution is 6.03. The van der Waals surface area contributed by atoms with Crippen LogP contribution in [0.15, 0.2) is 24.3 Å². The van der Waals surface area contributed by atoms with Crippen molar-refractivity contribution >= 4 is 11.9 Å². The van der Waals surface area contributed by atoms with Gasteiger partial charge >= 0.3 is 5.92 Å². The first-order valence-corrected chi connectivity index (χ1v) is 5.67. The van der Waals surface area contributed by atoms with Crippen LogP contribution in [0.3, 0.4) is 0 Å². The van der Waals surface area contributed by atoms with E-state index >= 15 is 0 Å². The monoisotopic (exact) mass is 282 g/mol. The molecule has 0 unspecified atom stereocenters. The fraction of sp³-hybridized carbons (Fsp3) is 0.250. The van der Waals surface area contributed by atoms with Gasteiger partial charge in [-0.3, -0.25) is 14.7 Å². The first-order chi connectivity index (χ1) is 9.29. The summed E-state index contributed by atoms with van der Waals surface area (Å²) in [4.78, 5) is 11.9. The summed E-state index contributed by atoms with van der Waals surface area (Å²) in [5.41, 5.74) is 0.179. The lowest BCUT2D eigenvalue weighted by Gasteiger charge is -2.10. The van der Waals surface area contributed by atoms with E-state index in [0.29, 0.717) is 6.92 Å². The van der Waals surface area contributed by atoms with E-state index < -0.39 is 17.7 Å². The molecule has 0 aliphatic rings. The molecule has 0 spiro atoms. The van der Waals surface area contributed by atoms with Crippen LogP contribution in [0.4, 0.5) is 14.7 Å². The summed E-state index contributed by atoms with van der Waals surface area (Å²) in [7, 11) is 1.32. The zero-order valence-corrected chi connectivity index (χ0v) is 10.8. The molecular weight excluding hydrogens is 270 g/mol. The molecule has 1 aromatic heterocycles. The van der Waals surface area contributed by atoms with Gasteiger partial charge in [0.1, 0.15) is 5.75 Å². The summed E-state index contributed by atoms with van der Waals surface area (Å²) in [5, 5.41) is 18.5. The van der Waals surface area contributed by atoms with Crippen LogP contribution < -0.4 is 5.32 Å². The van der Waals surface area contributed by atoms with Gasteiger partial charge < -0.3 is 5.11 Å². The molecule has 0 fully saturated rings. The Bertz CT molecular complexity index is 649. The van der Waals surface area contributed by atoms with Gasteiger partial charge in [0.15, 0.2) is 0 Å². The fourth-order valence-corrected chi connectivity index (χ4v) is 1.64. The SMILES string of the molecule is Cn1c(NC(=O)c2cccc(O)c2)nnc1C(C)(F)F. The van der Waals surface area contributed by atoms with E-state index in [1.54, 1.807) is 0 Å². The minimum Gasteiger partial charge on any atom is -0.508 e. The number of phenols is 1. The summed E-state index contributed by atoms with van der Waals surface area (Å²) in [5.74, 6) is -4.47. The number of nitrogens with one attached hydrogen (secondary N) is 1. The number of amides is 1. The molecule has 2 rings (SSSR count). The number of anilines is 1. The predicted molar refractivity (Wildman–Crippen MR) is 66.6 cm³/mol. The van der Waals surface area contributed by atoms with Crippen molar-refractivity contribution in [2.45, 2.75) is 12.8 Å². The van der Waals surface area contributed by atoms with Crippen LogP contribution in [-0.2, 0) is 13.0 Å². The summed E-state index contributed by atoms with van der Waals surface area (Å²) in [6.07, 6.45) is 0. The third-order valence-corrected chi connectivity index (χ3v) is 2.60. The van der Waals surface area contributed by atoms with Crippen LogP contribution in [-0.4, -0.2) is 25.8 Å². The van der Waals surface area contributed by atoms with E-state index in [9.17, 15) is 18.7 Å². The van der Waals surface area contributed by atoms with Gasteiger partial charge in [-0.2, -0.15) is 8.78 Å². The predicted octanol–water partition coefficient (Wildman–Crippen LogP) is 1.88. The number of aromatic nitrogens is 3. The van der Waals surface area contributed by atoms with Gasteiger partial charge in [-0.1, -0.05) is 6.07 Å². The lowest BCUT2D eigenvalue weighted by molar-refractivity contribution is 0.00470. The molecule has 2 N–H and O–H groups in total. The van der Waals surface area contributed by atoms with Crippen LogP contribution >= 0.6 is 0 Å². The van der Waals surface area contributed by atoms with Crippen molar-refractivity contribution in [3.63, 3.8) is 0 Å². The van der Waals surface area contributed by atoms with Crippen LogP contribution in [0, 0.1) is 0 Å². The Morgan fingerprint density at radius 1 is 1.40 bits per heavy atom.